The molecule has 0 amide bonds. The second-order valence-electron chi connectivity index (χ2n) is 5.67. The van der Waals surface area contributed by atoms with Crippen LogP contribution in [0.2, 0.25) is 0 Å². The summed E-state index contributed by atoms with van der Waals surface area (Å²) >= 11 is 0. The van der Waals surface area contributed by atoms with Crippen LogP contribution < -0.4 is 5.32 Å². The molecule has 2 rings (SSSR count). The fourth-order valence-corrected chi connectivity index (χ4v) is 3.11. The lowest BCUT2D eigenvalue weighted by Gasteiger charge is -2.16. The van der Waals surface area contributed by atoms with Crippen molar-refractivity contribution in [1.82, 2.24) is 9.62 Å². The molecule has 24 heavy (non-hydrogen) atoms. The average Bonchev–Trinajstić information content (AvgIpc) is 2.56. The molecule has 0 aliphatic heterocycles. The molecule has 0 aromatic heterocycles. The highest BCUT2D eigenvalue weighted by atomic mass is 32.2. The topological polar surface area (TPSA) is 49.4 Å². The standard InChI is InChI=1S/C17H20F2N2O2S/c1-12(20-11-14-5-4-6-16(18)17(14)19)13-7-9-15(10-8-13)24(22,23)21(2)3/h4-10,12,20H,11H2,1-3H3. The maximum absolute atomic E-state index is 13.6. The van der Waals surface area contributed by atoms with Crippen molar-refractivity contribution in [3.05, 3.63) is 65.2 Å². The van der Waals surface area contributed by atoms with Crippen LogP contribution in [0.1, 0.15) is 24.1 Å². The molecule has 4 nitrogen and oxygen atoms in total. The van der Waals surface area contributed by atoms with Crippen molar-refractivity contribution in [3.63, 3.8) is 0 Å². The van der Waals surface area contributed by atoms with E-state index in [2.05, 4.69) is 5.32 Å². The average molecular weight is 354 g/mol. The van der Waals surface area contributed by atoms with Crippen LogP contribution in [0.5, 0.6) is 0 Å². The Morgan fingerprint density at radius 1 is 1.08 bits per heavy atom. The lowest BCUT2D eigenvalue weighted by atomic mass is 10.1. The minimum absolute atomic E-state index is 0.149. The van der Waals surface area contributed by atoms with Crippen molar-refractivity contribution in [2.24, 2.45) is 0 Å². The fraction of sp³-hybridized carbons (Fsp3) is 0.294. The van der Waals surface area contributed by atoms with Crippen LogP contribution >= 0.6 is 0 Å². The first-order chi connectivity index (χ1) is 11.2. The van der Waals surface area contributed by atoms with Gasteiger partial charge in [-0.3, -0.25) is 0 Å². The molecule has 0 saturated carbocycles. The molecule has 0 heterocycles. The molecule has 1 atom stereocenters. The highest BCUT2D eigenvalue weighted by Crippen LogP contribution is 2.19. The molecule has 2 aromatic carbocycles. The van der Waals surface area contributed by atoms with Crippen LogP contribution in [0.15, 0.2) is 47.4 Å². The van der Waals surface area contributed by atoms with Gasteiger partial charge in [-0.05, 0) is 30.7 Å². The second kappa shape index (κ2) is 7.38. The van der Waals surface area contributed by atoms with Crippen molar-refractivity contribution in [2.75, 3.05) is 14.1 Å². The molecule has 7 heteroatoms. The van der Waals surface area contributed by atoms with Gasteiger partial charge in [0, 0.05) is 32.2 Å². The Balaban J connectivity index is 2.08. The van der Waals surface area contributed by atoms with E-state index in [1.54, 1.807) is 12.1 Å². The summed E-state index contributed by atoms with van der Waals surface area (Å²) < 4.78 is 52.0. The van der Waals surface area contributed by atoms with E-state index < -0.39 is 21.7 Å². The van der Waals surface area contributed by atoms with Gasteiger partial charge in [0.2, 0.25) is 10.0 Å². The third-order valence-electron chi connectivity index (χ3n) is 3.79. The van der Waals surface area contributed by atoms with Gasteiger partial charge in [0.05, 0.1) is 4.90 Å². The Morgan fingerprint density at radius 2 is 1.71 bits per heavy atom. The van der Waals surface area contributed by atoms with Gasteiger partial charge in [0.15, 0.2) is 11.6 Å². The summed E-state index contributed by atoms with van der Waals surface area (Å²) in [7, 11) is -0.517. The van der Waals surface area contributed by atoms with Crippen molar-refractivity contribution in [2.45, 2.75) is 24.4 Å². The maximum Gasteiger partial charge on any atom is 0.242 e. The van der Waals surface area contributed by atoms with E-state index >= 15 is 0 Å². The molecule has 0 fully saturated rings. The number of hydrogen-bond donors (Lipinski definition) is 1. The van der Waals surface area contributed by atoms with Crippen molar-refractivity contribution >= 4 is 10.0 Å². The highest BCUT2D eigenvalue weighted by molar-refractivity contribution is 7.89. The lowest BCUT2D eigenvalue weighted by Crippen LogP contribution is -2.22. The van der Waals surface area contributed by atoms with E-state index in [1.807, 2.05) is 6.92 Å². The summed E-state index contributed by atoms with van der Waals surface area (Å²) in [5.74, 6) is -1.73. The maximum atomic E-state index is 13.6. The number of nitrogens with one attached hydrogen (secondary N) is 1. The normalized spacial score (nSPS) is 13.2. The van der Waals surface area contributed by atoms with Crippen molar-refractivity contribution < 1.29 is 17.2 Å². The van der Waals surface area contributed by atoms with Gasteiger partial charge >= 0.3 is 0 Å². The monoisotopic (exact) mass is 354 g/mol. The van der Waals surface area contributed by atoms with E-state index in [0.29, 0.717) is 0 Å². The Morgan fingerprint density at radius 3 is 2.29 bits per heavy atom. The highest BCUT2D eigenvalue weighted by Gasteiger charge is 2.17. The zero-order valence-corrected chi connectivity index (χ0v) is 14.6. The first kappa shape index (κ1) is 18.5. The summed E-state index contributed by atoms with van der Waals surface area (Å²) in [5.41, 5.74) is 1.10. The molecular weight excluding hydrogens is 334 g/mol. The Hall–Kier alpha value is -1.83. The predicted octanol–water partition coefficient (Wildman–Crippen LogP) is 3.07. The first-order valence-electron chi connectivity index (χ1n) is 7.42. The third kappa shape index (κ3) is 3.98. The van der Waals surface area contributed by atoms with Crippen molar-refractivity contribution in [3.8, 4) is 0 Å². The van der Waals surface area contributed by atoms with Gasteiger partial charge in [-0.2, -0.15) is 0 Å². The SMILES string of the molecule is CC(NCc1cccc(F)c1F)c1ccc(S(=O)(=O)N(C)C)cc1. The molecule has 130 valence electrons. The second-order valence-corrected chi connectivity index (χ2v) is 7.82. The van der Waals surface area contributed by atoms with Crippen LogP contribution in [0.3, 0.4) is 0 Å². The molecule has 0 bridgehead atoms. The zero-order valence-electron chi connectivity index (χ0n) is 13.8. The van der Waals surface area contributed by atoms with Crippen LogP contribution in [0.4, 0.5) is 8.78 Å². The number of benzene rings is 2. The number of halogens is 2. The Bertz CT molecular complexity index is 806. The molecule has 0 saturated heterocycles. The third-order valence-corrected chi connectivity index (χ3v) is 5.62. The number of sulfonamides is 1. The smallest absolute Gasteiger partial charge is 0.242 e. The Kier molecular flexibility index (Phi) is 5.69. The predicted molar refractivity (Wildman–Crippen MR) is 88.9 cm³/mol. The van der Waals surface area contributed by atoms with Gasteiger partial charge in [-0.15, -0.1) is 0 Å². The summed E-state index contributed by atoms with van der Waals surface area (Å²) in [6.07, 6.45) is 0. The molecule has 0 aliphatic carbocycles. The van der Waals surface area contributed by atoms with Gasteiger partial charge in [0.1, 0.15) is 0 Å². The molecule has 1 N–H and O–H groups in total. The minimum atomic E-state index is -3.46. The molecule has 0 aliphatic rings. The van der Waals surface area contributed by atoms with Gasteiger partial charge < -0.3 is 5.32 Å². The minimum Gasteiger partial charge on any atom is -0.306 e. The molecular formula is C17H20F2N2O2S. The van der Waals surface area contributed by atoms with Gasteiger partial charge in [-0.1, -0.05) is 24.3 Å². The summed E-state index contributed by atoms with van der Waals surface area (Å²) in [6, 6.07) is 10.4. The molecule has 2 aromatic rings. The van der Waals surface area contributed by atoms with Crippen LogP contribution in [0.25, 0.3) is 0 Å². The van der Waals surface area contributed by atoms with E-state index in [0.717, 1.165) is 15.9 Å². The van der Waals surface area contributed by atoms with E-state index in [1.165, 1.54) is 38.4 Å². The van der Waals surface area contributed by atoms with E-state index in [4.69, 9.17) is 0 Å². The molecule has 0 radical (unpaired) electrons. The lowest BCUT2D eigenvalue weighted by molar-refractivity contribution is 0.484. The number of rotatable bonds is 6. The fourth-order valence-electron chi connectivity index (χ4n) is 2.21. The first-order valence-corrected chi connectivity index (χ1v) is 8.86. The van der Waals surface area contributed by atoms with Crippen molar-refractivity contribution in [1.29, 1.82) is 0 Å². The summed E-state index contributed by atoms with van der Waals surface area (Å²) in [5, 5.41) is 3.10. The largest absolute Gasteiger partial charge is 0.306 e. The number of nitrogens with zero attached hydrogens (tertiary/aromatic N) is 1. The summed E-state index contributed by atoms with van der Waals surface area (Å²) in [4.78, 5) is 0.208. The van der Waals surface area contributed by atoms with Crippen LogP contribution in [-0.4, -0.2) is 26.8 Å². The quantitative estimate of drug-likeness (QED) is 0.867. The van der Waals surface area contributed by atoms with E-state index in [-0.39, 0.29) is 23.0 Å². The number of hydrogen-bond acceptors (Lipinski definition) is 3. The van der Waals surface area contributed by atoms with Gasteiger partial charge in [-0.25, -0.2) is 21.5 Å². The zero-order chi connectivity index (χ0) is 17.9. The molecule has 0 spiro atoms. The van der Waals surface area contributed by atoms with Crippen LogP contribution in [0, 0.1) is 11.6 Å². The molecule has 1 unspecified atom stereocenters. The van der Waals surface area contributed by atoms with Gasteiger partial charge in [0.25, 0.3) is 0 Å². The summed E-state index contributed by atoms with van der Waals surface area (Å²) in [6.45, 7) is 2.04. The van der Waals surface area contributed by atoms with Crippen LogP contribution in [-0.2, 0) is 16.6 Å². The van der Waals surface area contributed by atoms with E-state index in [9.17, 15) is 17.2 Å². The Labute approximate surface area is 141 Å².